The minimum atomic E-state index is -2.14. The molecule has 0 aromatic heterocycles. The van der Waals surface area contributed by atoms with Crippen LogP contribution in [0.2, 0.25) is 36.3 Å². The van der Waals surface area contributed by atoms with Gasteiger partial charge < -0.3 is 14.0 Å². The molecular weight excluding hydrogens is 493 g/mol. The molecule has 0 aromatic carbocycles. The van der Waals surface area contributed by atoms with Gasteiger partial charge in [0.1, 0.15) is 17.1 Å². The summed E-state index contributed by atoms with van der Waals surface area (Å²) in [5, 5.41) is 12.8. The molecule has 0 aliphatic heterocycles. The van der Waals surface area contributed by atoms with E-state index in [1.165, 1.54) is 0 Å². The third-order valence-electron chi connectivity index (χ3n) is 11.8. The lowest BCUT2D eigenvalue weighted by atomic mass is 9.59. The van der Waals surface area contributed by atoms with Gasteiger partial charge in [0.2, 0.25) is 8.32 Å². The Kier molecular flexibility index (Phi) is 8.06. The molecule has 4 nitrogen and oxygen atoms in total. The number of hydrogen-bond acceptors (Lipinski definition) is 4. The summed E-state index contributed by atoms with van der Waals surface area (Å²) in [5.41, 5.74) is -1.93. The molecule has 214 valence electrons. The van der Waals surface area contributed by atoms with E-state index in [1.807, 2.05) is 0 Å². The number of hydrogen-bond donors (Lipinski definition) is 1. The van der Waals surface area contributed by atoms with E-state index >= 15 is 0 Å². The van der Waals surface area contributed by atoms with Crippen molar-refractivity contribution >= 4 is 22.4 Å². The fraction of sp³-hybridized carbons (Fsp3) is 0.903. The third-order valence-corrected chi connectivity index (χ3v) is 20.7. The summed E-state index contributed by atoms with van der Waals surface area (Å²) in [5.74, 6) is 1.38. The molecule has 0 spiro atoms. The normalized spacial score (nSPS) is 35.6. The van der Waals surface area contributed by atoms with Crippen molar-refractivity contribution < 1.29 is 18.8 Å². The summed E-state index contributed by atoms with van der Waals surface area (Å²) >= 11 is 0. The number of carbonyl (C=O) groups is 1. The predicted octanol–water partition coefficient (Wildman–Crippen LogP) is 8.62. The Morgan fingerprint density at radius 3 is 2.03 bits per heavy atom. The summed E-state index contributed by atoms with van der Waals surface area (Å²) in [4.78, 5) is 14.1. The molecule has 0 heterocycles. The summed E-state index contributed by atoms with van der Waals surface area (Å²) in [6.07, 6.45) is 7.90. The second kappa shape index (κ2) is 9.59. The zero-order valence-electron chi connectivity index (χ0n) is 26.4. The van der Waals surface area contributed by atoms with E-state index in [1.54, 1.807) is 0 Å². The van der Waals surface area contributed by atoms with E-state index in [2.05, 4.69) is 94.6 Å². The number of carbonyl (C=O) groups excluding carboxylic acids is 1. The standard InChI is InChI=1S/C31H58O4Si2/c1-27(2,3)36(10,11)34-24-15-14-19-30(9)23(24)18-20-31(33)26(35-37(12,13)28(4,5)6)17-16-22(21-25(30)32)29(31,7)8/h17,22-24,33H,14-16,18-21H2,1-13H3/t22-,23+,24+,30+,31-/m0/s1. The first-order valence-electron chi connectivity index (χ1n) is 14.8. The molecule has 3 aliphatic carbocycles. The van der Waals surface area contributed by atoms with Crippen molar-refractivity contribution in [1.82, 2.24) is 0 Å². The Bertz CT molecular complexity index is 907. The van der Waals surface area contributed by atoms with Crippen LogP contribution in [0.5, 0.6) is 0 Å². The van der Waals surface area contributed by atoms with Gasteiger partial charge in [0.05, 0.1) is 0 Å². The van der Waals surface area contributed by atoms with Crippen molar-refractivity contribution in [1.29, 1.82) is 0 Å². The van der Waals surface area contributed by atoms with Gasteiger partial charge in [-0.2, -0.15) is 0 Å². The van der Waals surface area contributed by atoms with Crippen LogP contribution in [0.3, 0.4) is 0 Å². The fourth-order valence-corrected chi connectivity index (χ4v) is 9.04. The van der Waals surface area contributed by atoms with Crippen LogP contribution < -0.4 is 0 Å². The van der Waals surface area contributed by atoms with Gasteiger partial charge in [-0.15, -0.1) is 0 Å². The van der Waals surface area contributed by atoms with Crippen LogP contribution in [0.25, 0.3) is 0 Å². The highest BCUT2D eigenvalue weighted by atomic mass is 28.4. The summed E-state index contributed by atoms with van der Waals surface area (Å²) in [7, 11) is -4.15. The molecule has 0 aromatic rings. The Morgan fingerprint density at radius 2 is 1.49 bits per heavy atom. The number of allylic oxidation sites excluding steroid dienone is 1. The Morgan fingerprint density at radius 1 is 0.919 bits per heavy atom. The van der Waals surface area contributed by atoms with Gasteiger partial charge in [0.25, 0.3) is 0 Å². The van der Waals surface area contributed by atoms with Crippen molar-refractivity contribution in [3.05, 3.63) is 11.8 Å². The highest BCUT2D eigenvalue weighted by Gasteiger charge is 2.59. The van der Waals surface area contributed by atoms with E-state index in [0.29, 0.717) is 18.6 Å². The smallest absolute Gasteiger partial charge is 0.250 e. The van der Waals surface area contributed by atoms with Gasteiger partial charge in [-0.05, 0) is 92.7 Å². The molecule has 2 saturated carbocycles. The van der Waals surface area contributed by atoms with Gasteiger partial charge in [-0.1, -0.05) is 62.3 Å². The highest BCUT2D eigenvalue weighted by molar-refractivity contribution is 6.74. The van der Waals surface area contributed by atoms with Crippen molar-refractivity contribution in [2.24, 2.45) is 22.7 Å². The van der Waals surface area contributed by atoms with E-state index in [9.17, 15) is 9.90 Å². The average molecular weight is 551 g/mol. The first kappa shape index (κ1) is 31.1. The SMILES string of the molecule is CC1(C)[C@H]2CC=C(O[Si](C)(C)C(C)(C)C)[C@@]1(O)CC[C@@H]1[C@H](O[Si](C)(C)C(C)(C)C)CCC[C@@]1(C)C(=O)C2. The lowest BCUT2D eigenvalue weighted by molar-refractivity contribution is -0.139. The third kappa shape index (κ3) is 5.35. The fourth-order valence-electron chi connectivity index (χ4n) is 6.54. The van der Waals surface area contributed by atoms with E-state index in [0.717, 1.165) is 37.9 Å². The van der Waals surface area contributed by atoms with Crippen molar-refractivity contribution in [2.75, 3.05) is 0 Å². The van der Waals surface area contributed by atoms with Crippen LogP contribution in [0, 0.1) is 22.7 Å². The maximum atomic E-state index is 14.1. The molecule has 0 radical (unpaired) electrons. The minimum Gasteiger partial charge on any atom is -0.545 e. The van der Waals surface area contributed by atoms with Crippen LogP contribution in [0.4, 0.5) is 0 Å². The molecule has 6 heteroatoms. The Hall–Kier alpha value is -0.436. The first-order valence-corrected chi connectivity index (χ1v) is 20.6. The van der Waals surface area contributed by atoms with Gasteiger partial charge in [0.15, 0.2) is 8.32 Å². The molecule has 0 saturated heterocycles. The number of fused-ring (bicyclic) bond motifs is 3. The van der Waals surface area contributed by atoms with E-state index < -0.39 is 33.1 Å². The maximum absolute atomic E-state index is 14.1. The molecule has 0 unspecified atom stereocenters. The molecule has 2 fully saturated rings. The zero-order chi connectivity index (χ0) is 28.5. The first-order chi connectivity index (χ1) is 16.5. The molecule has 37 heavy (non-hydrogen) atoms. The van der Waals surface area contributed by atoms with Gasteiger partial charge in [-0.25, -0.2) is 0 Å². The van der Waals surface area contributed by atoms with Gasteiger partial charge in [0, 0.05) is 23.4 Å². The number of rotatable bonds is 4. The summed E-state index contributed by atoms with van der Waals surface area (Å²) in [6.45, 7) is 29.4. The Labute approximate surface area is 230 Å². The molecule has 1 N–H and O–H groups in total. The number of aliphatic hydroxyl groups is 1. The van der Waals surface area contributed by atoms with E-state index in [-0.39, 0.29) is 28.0 Å². The van der Waals surface area contributed by atoms with E-state index in [4.69, 9.17) is 8.85 Å². The van der Waals surface area contributed by atoms with Crippen LogP contribution in [0.15, 0.2) is 11.8 Å². The second-order valence-electron chi connectivity index (χ2n) is 16.4. The molecule has 3 aliphatic rings. The van der Waals surface area contributed by atoms with Gasteiger partial charge >= 0.3 is 0 Å². The van der Waals surface area contributed by atoms with Gasteiger partial charge in [-0.3, -0.25) is 4.79 Å². The predicted molar refractivity (Wildman–Crippen MR) is 160 cm³/mol. The molecule has 3 rings (SSSR count). The number of Topliss-reactive ketones (excluding diaryl/α,β-unsaturated/α-hetero) is 1. The zero-order valence-corrected chi connectivity index (χ0v) is 28.4. The van der Waals surface area contributed by atoms with Crippen molar-refractivity contribution in [3.63, 3.8) is 0 Å². The largest absolute Gasteiger partial charge is 0.545 e. The highest BCUT2D eigenvalue weighted by Crippen LogP contribution is 2.58. The van der Waals surface area contributed by atoms with Crippen LogP contribution in [-0.4, -0.2) is 39.2 Å². The van der Waals surface area contributed by atoms with Crippen LogP contribution >= 0.6 is 0 Å². The van der Waals surface area contributed by atoms with Crippen molar-refractivity contribution in [2.45, 2.75) is 155 Å². The maximum Gasteiger partial charge on any atom is 0.250 e. The molecule has 2 bridgehead atoms. The molecular formula is C31H58O4Si2. The second-order valence-corrected chi connectivity index (χ2v) is 25.9. The van der Waals surface area contributed by atoms with Crippen LogP contribution in [0.1, 0.15) is 107 Å². The van der Waals surface area contributed by atoms with Crippen molar-refractivity contribution in [3.8, 4) is 0 Å². The lowest BCUT2D eigenvalue weighted by Crippen LogP contribution is -2.56. The minimum absolute atomic E-state index is 0.0453. The molecule has 0 amide bonds. The van der Waals surface area contributed by atoms with Crippen LogP contribution in [-0.2, 0) is 13.6 Å². The topological polar surface area (TPSA) is 55.8 Å². The quantitative estimate of drug-likeness (QED) is 0.356. The lowest BCUT2D eigenvalue weighted by Gasteiger charge is -2.53. The summed E-state index contributed by atoms with van der Waals surface area (Å²) < 4.78 is 14.0. The Balaban J connectivity index is 2.05. The summed E-state index contributed by atoms with van der Waals surface area (Å²) in [6, 6.07) is 0. The monoisotopic (exact) mass is 550 g/mol. The number of ketones is 1. The molecule has 5 atom stereocenters. The average Bonchev–Trinajstić information content (AvgIpc) is 2.72.